The molecule has 0 atom stereocenters. The van der Waals surface area contributed by atoms with Crippen LogP contribution in [0.15, 0.2) is 29.6 Å². The second-order valence-electron chi connectivity index (χ2n) is 5.61. The number of Topliss-reactive ketones (excluding diaryl/α,β-unsaturated/α-hetero) is 1. The maximum absolute atomic E-state index is 13.8. The summed E-state index contributed by atoms with van der Waals surface area (Å²) in [6, 6.07) is 7.81. The number of anilines is 1. The predicted octanol–water partition coefficient (Wildman–Crippen LogP) is 4.57. The zero-order valence-corrected chi connectivity index (χ0v) is 13.0. The van der Waals surface area contributed by atoms with Crippen LogP contribution < -0.4 is 4.90 Å². The Morgan fingerprint density at radius 2 is 2.19 bits per heavy atom. The molecule has 0 radical (unpaired) electrons. The number of hydrogen-bond donors (Lipinski definition) is 0. The number of halogens is 1. The van der Waals surface area contributed by atoms with Crippen LogP contribution in [-0.2, 0) is 6.54 Å². The van der Waals surface area contributed by atoms with E-state index < -0.39 is 0 Å². The minimum atomic E-state index is -0.309. The highest BCUT2D eigenvalue weighted by Gasteiger charge is 2.31. The lowest BCUT2D eigenvalue weighted by Gasteiger charge is -2.26. The number of carbonyl (C=O) groups excluding carboxylic acids is 1. The standard InChI is InChI=1S/C17H18FNOS/c1-11-8-17(15(12(2)20)9-16(11)18)19(13-5-6-13)10-14-4-3-7-21-14/h3-4,7-9,13H,5-6,10H2,1-2H3. The topological polar surface area (TPSA) is 20.3 Å². The molecule has 110 valence electrons. The first-order valence-corrected chi connectivity index (χ1v) is 8.04. The molecule has 1 aromatic carbocycles. The average molecular weight is 303 g/mol. The third kappa shape index (κ3) is 3.00. The van der Waals surface area contributed by atoms with Gasteiger partial charge in [-0.2, -0.15) is 0 Å². The third-order valence-electron chi connectivity index (χ3n) is 3.86. The van der Waals surface area contributed by atoms with Crippen molar-refractivity contribution in [1.29, 1.82) is 0 Å². The van der Waals surface area contributed by atoms with E-state index in [1.165, 1.54) is 17.9 Å². The second kappa shape index (κ2) is 5.60. The SMILES string of the molecule is CC(=O)c1cc(F)c(C)cc1N(Cc1cccs1)C1CC1. The van der Waals surface area contributed by atoms with E-state index in [1.54, 1.807) is 18.3 Å². The number of thiophene rings is 1. The fourth-order valence-corrected chi connectivity index (χ4v) is 3.26. The van der Waals surface area contributed by atoms with E-state index >= 15 is 0 Å². The van der Waals surface area contributed by atoms with Crippen LogP contribution in [0.4, 0.5) is 10.1 Å². The van der Waals surface area contributed by atoms with Crippen LogP contribution in [-0.4, -0.2) is 11.8 Å². The van der Waals surface area contributed by atoms with Gasteiger partial charge < -0.3 is 4.90 Å². The first kappa shape index (κ1) is 14.3. The Balaban J connectivity index is 2.02. The number of carbonyl (C=O) groups is 1. The Labute approximate surface area is 128 Å². The lowest BCUT2D eigenvalue weighted by Crippen LogP contribution is -2.26. The van der Waals surface area contributed by atoms with Crippen LogP contribution in [0.25, 0.3) is 0 Å². The zero-order chi connectivity index (χ0) is 15.0. The molecular weight excluding hydrogens is 285 g/mol. The number of benzene rings is 1. The summed E-state index contributed by atoms with van der Waals surface area (Å²) < 4.78 is 13.8. The lowest BCUT2D eigenvalue weighted by molar-refractivity contribution is 0.101. The van der Waals surface area contributed by atoms with Crippen LogP contribution in [0.1, 0.15) is 40.6 Å². The van der Waals surface area contributed by atoms with E-state index in [0.717, 1.165) is 25.1 Å². The Bertz CT molecular complexity index is 662. The number of rotatable bonds is 5. The third-order valence-corrected chi connectivity index (χ3v) is 4.72. The van der Waals surface area contributed by atoms with Crippen LogP contribution in [0, 0.1) is 12.7 Å². The molecule has 1 aliphatic rings. The summed E-state index contributed by atoms with van der Waals surface area (Å²) in [6.07, 6.45) is 2.28. The van der Waals surface area contributed by atoms with Crippen molar-refractivity contribution >= 4 is 22.8 Å². The minimum Gasteiger partial charge on any atom is -0.363 e. The maximum Gasteiger partial charge on any atom is 0.161 e. The molecule has 0 unspecified atom stereocenters. The minimum absolute atomic E-state index is 0.0827. The highest BCUT2D eigenvalue weighted by Crippen LogP contribution is 2.36. The van der Waals surface area contributed by atoms with Crippen LogP contribution in [0.2, 0.25) is 0 Å². The van der Waals surface area contributed by atoms with Gasteiger partial charge in [-0.15, -0.1) is 11.3 Å². The quantitative estimate of drug-likeness (QED) is 0.754. The molecule has 2 nitrogen and oxygen atoms in total. The van der Waals surface area contributed by atoms with Gasteiger partial charge in [0.1, 0.15) is 5.82 Å². The molecule has 1 fully saturated rings. The molecule has 0 spiro atoms. The highest BCUT2D eigenvalue weighted by atomic mass is 32.1. The average Bonchev–Trinajstić information content (AvgIpc) is 3.15. The van der Waals surface area contributed by atoms with Gasteiger partial charge in [-0.05, 0) is 55.8 Å². The van der Waals surface area contributed by atoms with Gasteiger partial charge in [0.15, 0.2) is 5.78 Å². The smallest absolute Gasteiger partial charge is 0.161 e. The molecule has 3 rings (SSSR count). The van der Waals surface area contributed by atoms with Gasteiger partial charge in [0.25, 0.3) is 0 Å². The van der Waals surface area contributed by atoms with Gasteiger partial charge in [0.05, 0.1) is 6.54 Å². The van der Waals surface area contributed by atoms with Crippen LogP contribution >= 0.6 is 11.3 Å². The summed E-state index contributed by atoms with van der Waals surface area (Å²) in [5, 5.41) is 2.06. The largest absolute Gasteiger partial charge is 0.363 e. The first-order valence-electron chi connectivity index (χ1n) is 7.16. The Kier molecular flexibility index (Phi) is 3.81. The second-order valence-corrected chi connectivity index (χ2v) is 6.65. The van der Waals surface area contributed by atoms with E-state index in [2.05, 4.69) is 16.3 Å². The monoisotopic (exact) mass is 303 g/mol. The van der Waals surface area contributed by atoms with Gasteiger partial charge in [-0.1, -0.05) is 6.07 Å². The van der Waals surface area contributed by atoms with E-state index in [9.17, 15) is 9.18 Å². The highest BCUT2D eigenvalue weighted by molar-refractivity contribution is 7.09. The Morgan fingerprint density at radius 1 is 1.43 bits per heavy atom. The van der Waals surface area contributed by atoms with Gasteiger partial charge in [0, 0.05) is 22.2 Å². The number of hydrogen-bond acceptors (Lipinski definition) is 3. The molecule has 21 heavy (non-hydrogen) atoms. The summed E-state index contributed by atoms with van der Waals surface area (Å²) in [4.78, 5) is 15.4. The van der Waals surface area contributed by atoms with E-state index in [0.29, 0.717) is 17.2 Å². The molecule has 1 aromatic heterocycles. The molecule has 0 N–H and O–H groups in total. The summed E-state index contributed by atoms with van der Waals surface area (Å²) in [6.45, 7) is 4.04. The molecule has 1 saturated carbocycles. The number of aryl methyl sites for hydroxylation is 1. The maximum atomic E-state index is 13.8. The van der Waals surface area contributed by atoms with Crippen molar-refractivity contribution in [2.45, 2.75) is 39.3 Å². The number of ketones is 1. The van der Waals surface area contributed by atoms with Crippen molar-refractivity contribution in [3.63, 3.8) is 0 Å². The van der Waals surface area contributed by atoms with Crippen molar-refractivity contribution in [2.75, 3.05) is 4.90 Å². The van der Waals surface area contributed by atoms with Crippen molar-refractivity contribution < 1.29 is 9.18 Å². The zero-order valence-electron chi connectivity index (χ0n) is 12.2. The molecule has 0 saturated heterocycles. The van der Waals surface area contributed by atoms with Gasteiger partial charge >= 0.3 is 0 Å². The normalized spacial score (nSPS) is 14.2. The molecule has 0 amide bonds. The molecule has 1 aliphatic carbocycles. The van der Waals surface area contributed by atoms with Crippen molar-refractivity contribution in [3.05, 3.63) is 51.5 Å². The van der Waals surface area contributed by atoms with Crippen LogP contribution in [0.3, 0.4) is 0 Å². The Hall–Kier alpha value is -1.68. The molecule has 0 aliphatic heterocycles. The summed E-state index contributed by atoms with van der Waals surface area (Å²) in [7, 11) is 0. The molecule has 1 heterocycles. The van der Waals surface area contributed by atoms with Gasteiger partial charge in [0.2, 0.25) is 0 Å². The fraction of sp³-hybridized carbons (Fsp3) is 0.353. The molecule has 4 heteroatoms. The van der Waals surface area contributed by atoms with E-state index in [4.69, 9.17) is 0 Å². The van der Waals surface area contributed by atoms with Crippen LogP contribution in [0.5, 0.6) is 0 Å². The predicted molar refractivity (Wildman–Crippen MR) is 84.7 cm³/mol. The molecule has 2 aromatic rings. The van der Waals surface area contributed by atoms with Crippen molar-refractivity contribution in [1.82, 2.24) is 0 Å². The van der Waals surface area contributed by atoms with Gasteiger partial charge in [-0.25, -0.2) is 4.39 Å². The molecular formula is C17H18FNOS. The fourth-order valence-electron chi connectivity index (χ4n) is 2.55. The first-order chi connectivity index (χ1) is 10.1. The van der Waals surface area contributed by atoms with Crippen molar-refractivity contribution in [3.8, 4) is 0 Å². The Morgan fingerprint density at radius 3 is 2.76 bits per heavy atom. The molecule has 0 bridgehead atoms. The van der Waals surface area contributed by atoms with Gasteiger partial charge in [-0.3, -0.25) is 4.79 Å². The van der Waals surface area contributed by atoms with E-state index in [1.807, 2.05) is 12.1 Å². The summed E-state index contributed by atoms with van der Waals surface area (Å²) in [5.41, 5.74) is 1.95. The lowest BCUT2D eigenvalue weighted by atomic mass is 10.0. The summed E-state index contributed by atoms with van der Waals surface area (Å²) in [5.74, 6) is -0.392. The van der Waals surface area contributed by atoms with E-state index in [-0.39, 0.29) is 11.6 Å². The van der Waals surface area contributed by atoms with Crippen molar-refractivity contribution in [2.24, 2.45) is 0 Å². The number of nitrogens with zero attached hydrogens (tertiary/aromatic N) is 1. The summed E-state index contributed by atoms with van der Waals surface area (Å²) >= 11 is 1.71.